The Kier molecular flexibility index (Phi) is 7.49. The molecule has 0 aliphatic heterocycles. The highest BCUT2D eigenvalue weighted by Crippen LogP contribution is 2.10. The topological polar surface area (TPSA) is 49.7 Å². The summed E-state index contributed by atoms with van der Waals surface area (Å²) < 4.78 is 5.83. The van der Waals surface area contributed by atoms with Gasteiger partial charge in [0.05, 0.1) is 13.2 Å². The number of hydrogen-bond acceptors (Lipinski definition) is 3. The fourth-order valence-electron chi connectivity index (χ4n) is 3.09. The Bertz CT molecular complexity index is 834. The van der Waals surface area contributed by atoms with Gasteiger partial charge in [-0.3, -0.25) is 0 Å². The third-order valence-corrected chi connectivity index (χ3v) is 4.82. The molecule has 0 aliphatic carbocycles. The maximum absolute atomic E-state index is 10.5. The Morgan fingerprint density at radius 1 is 0.679 bits per heavy atom. The van der Waals surface area contributed by atoms with E-state index in [1.807, 2.05) is 61.4 Å². The molecule has 0 radical (unpaired) electrons. The van der Waals surface area contributed by atoms with Crippen molar-refractivity contribution in [2.75, 3.05) is 0 Å². The van der Waals surface area contributed by atoms with Crippen molar-refractivity contribution in [3.63, 3.8) is 0 Å². The van der Waals surface area contributed by atoms with E-state index in [-0.39, 0.29) is 6.92 Å². The van der Waals surface area contributed by atoms with E-state index >= 15 is 0 Å². The molecule has 0 bridgehead atoms. The predicted octanol–water partition coefficient (Wildman–Crippen LogP) is 2.66. The minimum Gasteiger partial charge on any atom is -0.451 e. The molecule has 3 aromatic carbocycles. The van der Waals surface area contributed by atoms with Crippen LogP contribution in [0, 0.1) is 0 Å². The smallest absolute Gasteiger partial charge is 0.358 e. The molecule has 142 valence electrons. The summed E-state index contributed by atoms with van der Waals surface area (Å²) in [5, 5.41) is 19.8. The molecule has 3 aromatic rings. The van der Waals surface area contributed by atoms with Crippen LogP contribution >= 0.6 is 0 Å². The summed E-state index contributed by atoms with van der Waals surface area (Å²) in [6.07, 6.45) is 1.67. The van der Waals surface area contributed by atoms with Crippen LogP contribution in [0.25, 0.3) is 0 Å². The first kappa shape index (κ1) is 20.4. The summed E-state index contributed by atoms with van der Waals surface area (Å²) in [5.74, 6) is 0. The van der Waals surface area contributed by atoms with Gasteiger partial charge in [-0.15, -0.1) is 0 Å². The Morgan fingerprint density at radius 2 is 1.18 bits per heavy atom. The van der Waals surface area contributed by atoms with Gasteiger partial charge in [0.15, 0.2) is 0 Å². The molecule has 28 heavy (non-hydrogen) atoms. The molecule has 0 saturated heterocycles. The van der Waals surface area contributed by atoms with Crippen LogP contribution < -0.4 is 10.9 Å². The zero-order chi connectivity index (χ0) is 19.8. The molecule has 0 aromatic heterocycles. The van der Waals surface area contributed by atoms with Crippen LogP contribution in [0.15, 0.2) is 78.9 Å². The van der Waals surface area contributed by atoms with E-state index in [0.29, 0.717) is 13.2 Å². The first-order valence-electron chi connectivity index (χ1n) is 9.77. The average molecular weight is 372 g/mol. The second kappa shape index (κ2) is 10.3. The van der Waals surface area contributed by atoms with Gasteiger partial charge < -0.3 is 14.8 Å². The summed E-state index contributed by atoms with van der Waals surface area (Å²) in [4.78, 5) is 0. The van der Waals surface area contributed by atoms with Crippen molar-refractivity contribution in [1.82, 2.24) is 0 Å². The van der Waals surface area contributed by atoms with Gasteiger partial charge in [-0.2, -0.15) is 0 Å². The predicted molar refractivity (Wildman–Crippen MR) is 117 cm³/mol. The maximum atomic E-state index is 10.5. The fourth-order valence-corrected chi connectivity index (χ4v) is 3.09. The van der Waals surface area contributed by atoms with E-state index in [1.54, 1.807) is 0 Å². The lowest BCUT2D eigenvalue weighted by Crippen LogP contribution is -2.42. The molecule has 0 saturated carbocycles. The first-order chi connectivity index (χ1) is 13.6. The van der Waals surface area contributed by atoms with Crippen molar-refractivity contribution in [2.24, 2.45) is 0 Å². The summed E-state index contributed by atoms with van der Waals surface area (Å²) in [5.41, 5.74) is 5.22. The van der Waals surface area contributed by atoms with E-state index in [0.717, 1.165) is 34.8 Å². The SMILES string of the molecule is CB(O)CCc1ccc(COCc2ccc(B(O)c3ccccc3)cc2)cc1. The lowest BCUT2D eigenvalue weighted by atomic mass is 9.56. The van der Waals surface area contributed by atoms with Gasteiger partial charge in [0.1, 0.15) is 0 Å². The zero-order valence-corrected chi connectivity index (χ0v) is 16.3. The second-order valence-corrected chi connectivity index (χ2v) is 7.25. The normalized spacial score (nSPS) is 10.7. The molecule has 2 N–H and O–H groups in total. The van der Waals surface area contributed by atoms with Gasteiger partial charge in [-0.25, -0.2) is 0 Å². The van der Waals surface area contributed by atoms with Crippen molar-refractivity contribution in [1.29, 1.82) is 0 Å². The van der Waals surface area contributed by atoms with Crippen molar-refractivity contribution in [3.05, 3.63) is 95.6 Å². The number of aryl methyl sites for hydroxylation is 1. The highest BCUT2D eigenvalue weighted by Gasteiger charge is 2.16. The standard InChI is InChI=1S/C23H26B2O3/c1-24(26)16-15-19-7-9-20(10-8-19)17-28-18-21-11-13-23(14-12-21)25(27)22-5-3-2-4-6-22/h2-14,26-27H,15-18H2,1H3. The third-order valence-electron chi connectivity index (χ3n) is 4.82. The van der Waals surface area contributed by atoms with Gasteiger partial charge in [0.25, 0.3) is 6.92 Å². The van der Waals surface area contributed by atoms with Gasteiger partial charge in [-0.05, 0) is 40.4 Å². The number of hydrogen-bond donors (Lipinski definition) is 2. The Labute approximate surface area is 168 Å². The summed E-state index contributed by atoms with van der Waals surface area (Å²) in [6.45, 7) is 2.04. The average Bonchev–Trinajstić information content (AvgIpc) is 2.74. The minimum atomic E-state index is -0.608. The van der Waals surface area contributed by atoms with Gasteiger partial charge in [0, 0.05) is 0 Å². The van der Waals surface area contributed by atoms with Crippen LogP contribution in [0.1, 0.15) is 16.7 Å². The zero-order valence-electron chi connectivity index (χ0n) is 16.3. The molecule has 0 aliphatic rings. The molecular weight excluding hydrogens is 346 g/mol. The summed E-state index contributed by atoms with van der Waals surface area (Å²) in [7, 11) is 0. The van der Waals surface area contributed by atoms with Crippen molar-refractivity contribution in [2.45, 2.75) is 32.8 Å². The largest absolute Gasteiger partial charge is 0.451 e. The van der Waals surface area contributed by atoms with Crippen LogP contribution in [-0.2, 0) is 24.4 Å². The molecule has 0 atom stereocenters. The number of benzene rings is 3. The number of ether oxygens (including phenoxy) is 1. The van der Waals surface area contributed by atoms with Crippen LogP contribution in [0.2, 0.25) is 13.1 Å². The van der Waals surface area contributed by atoms with Crippen molar-refractivity contribution < 1.29 is 14.8 Å². The lowest BCUT2D eigenvalue weighted by molar-refractivity contribution is 0.107. The van der Waals surface area contributed by atoms with E-state index in [1.165, 1.54) is 5.56 Å². The van der Waals surface area contributed by atoms with E-state index in [2.05, 4.69) is 24.3 Å². The molecular formula is C23H26B2O3. The van der Waals surface area contributed by atoms with Crippen molar-refractivity contribution in [3.8, 4) is 0 Å². The molecule has 0 amide bonds. The second-order valence-electron chi connectivity index (χ2n) is 7.25. The monoisotopic (exact) mass is 372 g/mol. The highest BCUT2D eigenvalue weighted by atomic mass is 16.5. The molecule has 0 fully saturated rings. The molecule has 0 spiro atoms. The van der Waals surface area contributed by atoms with E-state index in [9.17, 15) is 10.0 Å². The molecule has 0 unspecified atom stereocenters. The molecule has 0 heterocycles. The summed E-state index contributed by atoms with van der Waals surface area (Å²) in [6, 6.07) is 25.9. The van der Waals surface area contributed by atoms with Crippen LogP contribution in [-0.4, -0.2) is 23.9 Å². The Hall–Kier alpha value is -2.33. The third kappa shape index (κ3) is 6.10. The molecule has 3 nitrogen and oxygen atoms in total. The van der Waals surface area contributed by atoms with Gasteiger partial charge in [-0.1, -0.05) is 85.7 Å². The first-order valence-corrected chi connectivity index (χ1v) is 9.77. The van der Waals surface area contributed by atoms with Crippen LogP contribution in [0.5, 0.6) is 0 Å². The van der Waals surface area contributed by atoms with Crippen LogP contribution in [0.3, 0.4) is 0 Å². The Balaban J connectivity index is 1.47. The van der Waals surface area contributed by atoms with E-state index in [4.69, 9.17) is 4.74 Å². The quantitative estimate of drug-likeness (QED) is 0.568. The Morgan fingerprint density at radius 3 is 1.75 bits per heavy atom. The summed E-state index contributed by atoms with van der Waals surface area (Å²) >= 11 is 0. The van der Waals surface area contributed by atoms with Gasteiger partial charge >= 0.3 is 6.92 Å². The number of rotatable bonds is 9. The van der Waals surface area contributed by atoms with Crippen molar-refractivity contribution >= 4 is 24.8 Å². The molecule has 5 heteroatoms. The minimum absolute atomic E-state index is 0.261. The highest BCUT2D eigenvalue weighted by molar-refractivity contribution is 6.78. The maximum Gasteiger partial charge on any atom is 0.358 e. The fraction of sp³-hybridized carbons (Fsp3) is 0.217. The van der Waals surface area contributed by atoms with Crippen LogP contribution in [0.4, 0.5) is 0 Å². The molecule has 3 rings (SSSR count). The van der Waals surface area contributed by atoms with E-state index < -0.39 is 6.92 Å². The lowest BCUT2D eigenvalue weighted by Gasteiger charge is -2.09. The van der Waals surface area contributed by atoms with Gasteiger partial charge in [0.2, 0.25) is 0 Å².